The molecule has 0 N–H and O–H groups in total. The molecule has 0 unspecified atom stereocenters. The average Bonchev–Trinajstić information content (AvgIpc) is 2.27. The molecular formula is C14H17BrN2. The summed E-state index contributed by atoms with van der Waals surface area (Å²) in [6.07, 6.45) is 2.11. The summed E-state index contributed by atoms with van der Waals surface area (Å²) >= 11 is 0. The van der Waals surface area contributed by atoms with Gasteiger partial charge in [0.1, 0.15) is 0 Å². The molecule has 2 nitrogen and oxygen atoms in total. The van der Waals surface area contributed by atoms with Crippen molar-refractivity contribution in [2.45, 2.75) is 13.8 Å². The Kier molecular flexibility index (Phi) is 4.70. The largest absolute Gasteiger partial charge is 0.354 e. The van der Waals surface area contributed by atoms with E-state index in [2.05, 4.69) is 42.7 Å². The van der Waals surface area contributed by atoms with Gasteiger partial charge in [-0.2, -0.15) is 0 Å². The van der Waals surface area contributed by atoms with Crippen molar-refractivity contribution in [1.82, 2.24) is 4.57 Å². The smallest absolute Gasteiger partial charge is 0.0697 e. The number of aromatic nitrogens is 1. The maximum atomic E-state index is 4.63. The Morgan fingerprint density at radius 2 is 1.71 bits per heavy atom. The molecule has 0 saturated carbocycles. The van der Waals surface area contributed by atoms with Crippen molar-refractivity contribution >= 4 is 22.7 Å². The van der Waals surface area contributed by atoms with Crippen molar-refractivity contribution in [2.75, 3.05) is 0 Å². The predicted octanol–water partition coefficient (Wildman–Crippen LogP) is 3.45. The molecule has 17 heavy (non-hydrogen) atoms. The topological polar surface area (TPSA) is 17.3 Å². The van der Waals surface area contributed by atoms with Gasteiger partial charge in [-0.3, -0.25) is 0 Å². The van der Waals surface area contributed by atoms with Gasteiger partial charge in [0.25, 0.3) is 0 Å². The molecule has 2 aromatic rings. The molecule has 0 atom stereocenters. The van der Waals surface area contributed by atoms with Gasteiger partial charge in [-0.15, -0.1) is 17.0 Å². The third-order valence-corrected chi connectivity index (χ3v) is 2.70. The molecule has 3 heteroatoms. The first kappa shape index (κ1) is 13.7. The van der Waals surface area contributed by atoms with E-state index < -0.39 is 0 Å². The zero-order chi connectivity index (χ0) is 11.5. The number of pyridine rings is 1. The van der Waals surface area contributed by atoms with Crippen molar-refractivity contribution in [2.24, 2.45) is 12.0 Å². The fraction of sp³-hybridized carbons (Fsp3) is 0.214. The summed E-state index contributed by atoms with van der Waals surface area (Å²) in [6, 6.07) is 12.2. The van der Waals surface area contributed by atoms with E-state index >= 15 is 0 Å². The van der Waals surface area contributed by atoms with Gasteiger partial charge in [-0.25, -0.2) is 4.99 Å². The van der Waals surface area contributed by atoms with Crippen LogP contribution in [-0.4, -0.2) is 4.57 Å². The summed E-state index contributed by atoms with van der Waals surface area (Å²) in [5.41, 5.74) is 3.40. The molecule has 1 aromatic carbocycles. The molecule has 0 bridgehead atoms. The van der Waals surface area contributed by atoms with Crippen LogP contribution in [0.5, 0.6) is 0 Å². The van der Waals surface area contributed by atoms with Crippen molar-refractivity contribution < 1.29 is 0 Å². The number of hydrogen-bond acceptors (Lipinski definition) is 1. The van der Waals surface area contributed by atoms with Crippen LogP contribution in [0.4, 0.5) is 5.69 Å². The summed E-state index contributed by atoms with van der Waals surface area (Å²) in [6.45, 7) is 4.17. The summed E-state index contributed by atoms with van der Waals surface area (Å²) < 4.78 is 2.11. The van der Waals surface area contributed by atoms with Crippen LogP contribution in [-0.2, 0) is 7.05 Å². The molecule has 0 amide bonds. The summed E-state index contributed by atoms with van der Waals surface area (Å²) in [5.74, 6) is 0. The van der Waals surface area contributed by atoms with E-state index in [1.807, 2.05) is 30.3 Å². The van der Waals surface area contributed by atoms with Gasteiger partial charge in [0, 0.05) is 18.9 Å². The van der Waals surface area contributed by atoms with Gasteiger partial charge < -0.3 is 4.57 Å². The van der Waals surface area contributed by atoms with Crippen LogP contribution >= 0.6 is 17.0 Å². The lowest BCUT2D eigenvalue weighted by Crippen LogP contribution is -2.11. The molecular weight excluding hydrogens is 276 g/mol. The molecule has 90 valence electrons. The Morgan fingerprint density at radius 1 is 1.06 bits per heavy atom. The lowest BCUT2D eigenvalue weighted by atomic mass is 10.2. The maximum absolute atomic E-state index is 4.63. The Balaban J connectivity index is 0.00000144. The van der Waals surface area contributed by atoms with Crippen LogP contribution in [0, 0.1) is 13.8 Å². The van der Waals surface area contributed by atoms with Crippen molar-refractivity contribution in [1.29, 1.82) is 0 Å². The molecule has 0 spiro atoms. The molecule has 0 saturated heterocycles. The second-order valence-corrected chi connectivity index (χ2v) is 4.04. The van der Waals surface area contributed by atoms with Crippen LogP contribution in [0.25, 0.3) is 0 Å². The normalized spacial score (nSPS) is 11.1. The first-order valence-corrected chi connectivity index (χ1v) is 5.40. The highest BCUT2D eigenvalue weighted by atomic mass is 79.9. The zero-order valence-corrected chi connectivity index (χ0v) is 12.1. The van der Waals surface area contributed by atoms with E-state index in [-0.39, 0.29) is 17.0 Å². The van der Waals surface area contributed by atoms with E-state index in [0.29, 0.717) is 0 Å². The third kappa shape index (κ3) is 3.30. The number of hydrogen-bond donors (Lipinski definition) is 0. The molecule has 0 aliphatic heterocycles. The van der Waals surface area contributed by atoms with Crippen molar-refractivity contribution in [3.05, 3.63) is 59.2 Å². The number of aryl methyl sites for hydroxylation is 3. The van der Waals surface area contributed by atoms with Gasteiger partial charge in [0.05, 0.1) is 11.0 Å². The Labute approximate surface area is 112 Å². The van der Waals surface area contributed by atoms with Gasteiger partial charge in [0.15, 0.2) is 0 Å². The SMILES string of the molecule is Br.Cc1cn(C)c(C)cc1=Nc1ccccc1. The van der Waals surface area contributed by atoms with Crippen LogP contribution in [0.1, 0.15) is 11.3 Å². The van der Waals surface area contributed by atoms with Gasteiger partial charge in [-0.05, 0) is 37.6 Å². The number of rotatable bonds is 1. The molecule has 1 heterocycles. The summed E-state index contributed by atoms with van der Waals surface area (Å²) in [5, 5.41) is 1.04. The highest BCUT2D eigenvalue weighted by Gasteiger charge is 1.95. The number of halogens is 1. The summed E-state index contributed by atoms with van der Waals surface area (Å²) in [4.78, 5) is 4.63. The second kappa shape index (κ2) is 5.82. The number of para-hydroxylation sites is 1. The van der Waals surface area contributed by atoms with E-state index in [1.54, 1.807) is 0 Å². The molecule has 0 aliphatic rings. The molecule has 0 fully saturated rings. The van der Waals surface area contributed by atoms with E-state index in [0.717, 1.165) is 11.0 Å². The number of nitrogens with zero attached hydrogens (tertiary/aromatic N) is 2. The Bertz CT molecular complexity index is 556. The van der Waals surface area contributed by atoms with E-state index in [1.165, 1.54) is 11.3 Å². The zero-order valence-electron chi connectivity index (χ0n) is 10.3. The lowest BCUT2D eigenvalue weighted by molar-refractivity contribution is 0.840. The standard InChI is InChI=1S/C14H16N2.BrH/c1-11-10-16(3)12(2)9-14(11)15-13-7-5-4-6-8-13;/h4-10H,1-3H3;1H. The second-order valence-electron chi connectivity index (χ2n) is 4.04. The lowest BCUT2D eigenvalue weighted by Gasteiger charge is -2.05. The first-order valence-electron chi connectivity index (χ1n) is 5.40. The minimum Gasteiger partial charge on any atom is -0.354 e. The monoisotopic (exact) mass is 292 g/mol. The fourth-order valence-electron chi connectivity index (χ4n) is 1.63. The van der Waals surface area contributed by atoms with Crippen molar-refractivity contribution in [3.8, 4) is 0 Å². The van der Waals surface area contributed by atoms with Gasteiger partial charge in [0.2, 0.25) is 0 Å². The van der Waals surface area contributed by atoms with Gasteiger partial charge in [-0.1, -0.05) is 18.2 Å². The van der Waals surface area contributed by atoms with Gasteiger partial charge >= 0.3 is 0 Å². The predicted molar refractivity (Wildman–Crippen MR) is 76.9 cm³/mol. The van der Waals surface area contributed by atoms with Crippen LogP contribution < -0.4 is 5.36 Å². The van der Waals surface area contributed by atoms with Crippen LogP contribution in [0.2, 0.25) is 0 Å². The quantitative estimate of drug-likeness (QED) is 0.766. The minimum absolute atomic E-state index is 0. The Hall–Kier alpha value is -1.35. The first-order chi connectivity index (χ1) is 7.66. The number of benzene rings is 1. The average molecular weight is 293 g/mol. The summed E-state index contributed by atoms with van der Waals surface area (Å²) in [7, 11) is 2.05. The highest BCUT2D eigenvalue weighted by Crippen LogP contribution is 2.08. The van der Waals surface area contributed by atoms with Crippen molar-refractivity contribution in [3.63, 3.8) is 0 Å². The minimum atomic E-state index is 0. The fourth-order valence-corrected chi connectivity index (χ4v) is 1.63. The molecule has 0 radical (unpaired) electrons. The molecule has 2 rings (SSSR count). The van der Waals surface area contributed by atoms with Crippen LogP contribution in [0.15, 0.2) is 47.6 Å². The Morgan fingerprint density at radius 3 is 2.35 bits per heavy atom. The molecule has 0 aliphatic carbocycles. The highest BCUT2D eigenvalue weighted by molar-refractivity contribution is 8.93. The molecule has 1 aromatic heterocycles. The maximum Gasteiger partial charge on any atom is 0.0697 e. The van der Waals surface area contributed by atoms with Crippen LogP contribution in [0.3, 0.4) is 0 Å². The van der Waals surface area contributed by atoms with E-state index in [9.17, 15) is 0 Å². The van der Waals surface area contributed by atoms with E-state index in [4.69, 9.17) is 0 Å². The third-order valence-electron chi connectivity index (χ3n) is 2.70.